The molecule has 0 amide bonds. The van der Waals surface area contributed by atoms with Gasteiger partial charge in [-0.25, -0.2) is 0 Å². The van der Waals surface area contributed by atoms with E-state index in [-0.39, 0.29) is 6.10 Å². The van der Waals surface area contributed by atoms with Crippen LogP contribution >= 0.6 is 0 Å². The fourth-order valence-electron chi connectivity index (χ4n) is 2.14. The van der Waals surface area contributed by atoms with Crippen molar-refractivity contribution in [2.75, 3.05) is 20.1 Å². The van der Waals surface area contributed by atoms with Crippen LogP contribution < -0.4 is 5.32 Å². The Bertz CT molecular complexity index is 175. The summed E-state index contributed by atoms with van der Waals surface area (Å²) in [6, 6.07) is 0.996. The molecular weight excluding hydrogens is 188 g/mol. The van der Waals surface area contributed by atoms with Gasteiger partial charge in [0.1, 0.15) is 0 Å². The predicted octanol–water partition coefficient (Wildman–Crippen LogP) is 1.22. The van der Waals surface area contributed by atoms with Crippen molar-refractivity contribution in [1.29, 1.82) is 0 Å². The molecule has 1 fully saturated rings. The Morgan fingerprint density at radius 1 is 1.47 bits per heavy atom. The molecular formula is C12H26N2O. The van der Waals surface area contributed by atoms with Gasteiger partial charge in [0.25, 0.3) is 0 Å². The zero-order chi connectivity index (χ0) is 11.3. The van der Waals surface area contributed by atoms with Crippen LogP contribution in [-0.2, 0) is 0 Å². The molecule has 3 heteroatoms. The van der Waals surface area contributed by atoms with E-state index in [1.807, 2.05) is 0 Å². The van der Waals surface area contributed by atoms with Crippen molar-refractivity contribution in [3.05, 3.63) is 0 Å². The van der Waals surface area contributed by atoms with Gasteiger partial charge in [0.05, 0.1) is 6.10 Å². The molecule has 3 nitrogen and oxygen atoms in total. The molecule has 0 bridgehead atoms. The summed E-state index contributed by atoms with van der Waals surface area (Å²) in [5, 5.41) is 13.1. The van der Waals surface area contributed by atoms with E-state index in [0.717, 1.165) is 25.9 Å². The van der Waals surface area contributed by atoms with Gasteiger partial charge in [0, 0.05) is 25.2 Å². The Kier molecular flexibility index (Phi) is 5.58. The number of aliphatic hydroxyl groups is 1. The smallest absolute Gasteiger partial charge is 0.0693 e. The summed E-state index contributed by atoms with van der Waals surface area (Å²) in [6.07, 6.45) is 4.36. The molecule has 0 saturated heterocycles. The topological polar surface area (TPSA) is 35.5 Å². The minimum absolute atomic E-state index is 0.112. The molecule has 15 heavy (non-hydrogen) atoms. The van der Waals surface area contributed by atoms with Gasteiger partial charge in [-0.1, -0.05) is 6.92 Å². The third-order valence-corrected chi connectivity index (χ3v) is 3.69. The van der Waals surface area contributed by atoms with Crippen LogP contribution in [0, 0.1) is 0 Å². The highest BCUT2D eigenvalue weighted by Gasteiger charge is 2.24. The monoisotopic (exact) mass is 214 g/mol. The van der Waals surface area contributed by atoms with Crippen LogP contribution in [0.1, 0.15) is 39.5 Å². The van der Waals surface area contributed by atoms with Crippen LogP contribution in [0.15, 0.2) is 0 Å². The van der Waals surface area contributed by atoms with E-state index < -0.39 is 0 Å². The predicted molar refractivity (Wildman–Crippen MR) is 64.0 cm³/mol. The number of nitrogens with zero attached hydrogens (tertiary/aromatic N) is 1. The van der Waals surface area contributed by atoms with Crippen molar-refractivity contribution in [3.63, 3.8) is 0 Å². The van der Waals surface area contributed by atoms with Crippen molar-refractivity contribution in [2.24, 2.45) is 0 Å². The average molecular weight is 214 g/mol. The number of hydrogen-bond donors (Lipinski definition) is 2. The minimum Gasteiger partial charge on any atom is -0.392 e. The third kappa shape index (κ3) is 4.09. The van der Waals surface area contributed by atoms with Crippen molar-refractivity contribution < 1.29 is 5.11 Å². The number of aliphatic hydroxyl groups excluding tert-OH is 1. The molecule has 0 aromatic rings. The van der Waals surface area contributed by atoms with E-state index in [1.165, 1.54) is 12.8 Å². The largest absolute Gasteiger partial charge is 0.392 e. The molecule has 1 saturated carbocycles. The van der Waals surface area contributed by atoms with Crippen LogP contribution in [0.5, 0.6) is 0 Å². The molecule has 2 N–H and O–H groups in total. The first-order valence-electron chi connectivity index (χ1n) is 6.26. The van der Waals surface area contributed by atoms with Gasteiger partial charge in [0.15, 0.2) is 0 Å². The lowest BCUT2D eigenvalue weighted by Gasteiger charge is -2.25. The lowest BCUT2D eigenvalue weighted by Crippen LogP contribution is -2.41. The zero-order valence-electron chi connectivity index (χ0n) is 10.4. The molecule has 0 aromatic heterocycles. The molecule has 3 atom stereocenters. The Labute approximate surface area is 93.9 Å². The molecule has 0 heterocycles. The Morgan fingerprint density at radius 2 is 2.20 bits per heavy atom. The van der Waals surface area contributed by atoms with Crippen LogP contribution in [-0.4, -0.2) is 48.3 Å². The zero-order valence-corrected chi connectivity index (χ0v) is 10.4. The fraction of sp³-hybridized carbons (Fsp3) is 1.00. The van der Waals surface area contributed by atoms with Gasteiger partial charge in [-0.3, -0.25) is 0 Å². The number of hydrogen-bond acceptors (Lipinski definition) is 3. The molecule has 0 radical (unpaired) electrons. The lowest BCUT2D eigenvalue weighted by molar-refractivity contribution is 0.145. The Hall–Kier alpha value is -0.120. The lowest BCUT2D eigenvalue weighted by atomic mass is 10.2. The third-order valence-electron chi connectivity index (χ3n) is 3.69. The normalized spacial score (nSPS) is 28.6. The Morgan fingerprint density at radius 3 is 2.73 bits per heavy atom. The van der Waals surface area contributed by atoms with Crippen molar-refractivity contribution in [3.8, 4) is 0 Å². The van der Waals surface area contributed by atoms with Gasteiger partial charge in [-0.15, -0.1) is 0 Å². The van der Waals surface area contributed by atoms with E-state index >= 15 is 0 Å². The second kappa shape index (κ2) is 6.46. The fourth-order valence-corrected chi connectivity index (χ4v) is 2.14. The summed E-state index contributed by atoms with van der Waals surface area (Å²) in [6.45, 7) is 6.53. The highest BCUT2D eigenvalue weighted by molar-refractivity contribution is 4.82. The number of nitrogens with one attached hydrogen (secondary N) is 1. The van der Waals surface area contributed by atoms with E-state index in [0.29, 0.717) is 12.1 Å². The first-order chi connectivity index (χ1) is 7.15. The number of likely N-dealkylation sites (N-methyl/N-ethyl adjacent to an activating group) is 1. The van der Waals surface area contributed by atoms with Crippen molar-refractivity contribution in [1.82, 2.24) is 10.2 Å². The highest BCUT2D eigenvalue weighted by atomic mass is 16.3. The van der Waals surface area contributed by atoms with Crippen LogP contribution in [0.25, 0.3) is 0 Å². The summed E-state index contributed by atoms with van der Waals surface area (Å²) in [7, 11) is 2.17. The molecule has 1 aliphatic rings. The van der Waals surface area contributed by atoms with E-state index in [2.05, 4.69) is 31.1 Å². The second-order valence-electron chi connectivity index (χ2n) is 4.80. The molecule has 0 aromatic carbocycles. The summed E-state index contributed by atoms with van der Waals surface area (Å²) < 4.78 is 0. The first-order valence-corrected chi connectivity index (χ1v) is 6.26. The summed E-state index contributed by atoms with van der Waals surface area (Å²) in [5.41, 5.74) is 0. The molecule has 90 valence electrons. The average Bonchev–Trinajstić information content (AvgIpc) is 2.63. The standard InChI is InChI=1S/C12H26N2O/c1-4-10(2)14(3)9-8-13-11-6-5-7-12(11)15/h10-13,15H,4-9H2,1-3H3. The van der Waals surface area contributed by atoms with Crippen LogP contribution in [0.2, 0.25) is 0 Å². The van der Waals surface area contributed by atoms with Crippen molar-refractivity contribution in [2.45, 2.75) is 57.7 Å². The maximum Gasteiger partial charge on any atom is 0.0693 e. The van der Waals surface area contributed by atoms with E-state index in [1.54, 1.807) is 0 Å². The first kappa shape index (κ1) is 12.9. The summed E-state index contributed by atoms with van der Waals surface area (Å²) in [4.78, 5) is 2.37. The summed E-state index contributed by atoms with van der Waals surface area (Å²) in [5.74, 6) is 0. The SMILES string of the molecule is CCC(C)N(C)CCNC1CCCC1O. The minimum atomic E-state index is -0.112. The van der Waals surface area contributed by atoms with E-state index in [4.69, 9.17) is 0 Å². The van der Waals surface area contributed by atoms with Crippen LogP contribution in [0.3, 0.4) is 0 Å². The maximum absolute atomic E-state index is 9.63. The van der Waals surface area contributed by atoms with Gasteiger partial charge in [-0.2, -0.15) is 0 Å². The van der Waals surface area contributed by atoms with Crippen molar-refractivity contribution >= 4 is 0 Å². The van der Waals surface area contributed by atoms with Crippen LogP contribution in [0.4, 0.5) is 0 Å². The maximum atomic E-state index is 9.63. The van der Waals surface area contributed by atoms with Gasteiger partial charge < -0.3 is 15.3 Å². The Balaban J connectivity index is 2.10. The molecule has 1 rings (SSSR count). The van der Waals surface area contributed by atoms with Gasteiger partial charge in [0.2, 0.25) is 0 Å². The quantitative estimate of drug-likeness (QED) is 0.698. The second-order valence-corrected chi connectivity index (χ2v) is 4.80. The molecule has 1 aliphatic carbocycles. The van der Waals surface area contributed by atoms with Gasteiger partial charge in [-0.05, 0) is 39.7 Å². The summed E-state index contributed by atoms with van der Waals surface area (Å²) >= 11 is 0. The number of rotatable bonds is 6. The molecule has 0 aliphatic heterocycles. The highest BCUT2D eigenvalue weighted by Crippen LogP contribution is 2.18. The molecule has 3 unspecified atom stereocenters. The van der Waals surface area contributed by atoms with E-state index in [9.17, 15) is 5.11 Å². The van der Waals surface area contributed by atoms with Gasteiger partial charge >= 0.3 is 0 Å². The molecule has 0 spiro atoms.